The van der Waals surface area contributed by atoms with Gasteiger partial charge in [-0.15, -0.1) is 11.3 Å². The van der Waals surface area contributed by atoms with Gasteiger partial charge in [0.2, 0.25) is 0 Å². The average molecular weight is 223 g/mol. The van der Waals surface area contributed by atoms with Crippen LogP contribution in [0.1, 0.15) is 54.7 Å². The summed E-state index contributed by atoms with van der Waals surface area (Å²) in [5.41, 5.74) is 0. The summed E-state index contributed by atoms with van der Waals surface area (Å²) in [5.74, 6) is 1.57. The molecule has 1 fully saturated rings. The van der Waals surface area contributed by atoms with Gasteiger partial charge in [-0.05, 0) is 56.3 Å². The molecule has 0 aromatic carbocycles. The predicted octanol–water partition coefficient (Wildman–Crippen LogP) is 3.73. The van der Waals surface area contributed by atoms with Crippen molar-refractivity contribution < 1.29 is 0 Å². The van der Waals surface area contributed by atoms with Crippen LogP contribution in [0.3, 0.4) is 0 Å². The van der Waals surface area contributed by atoms with Gasteiger partial charge in [0, 0.05) is 9.75 Å². The van der Waals surface area contributed by atoms with E-state index in [9.17, 15) is 0 Å². The highest BCUT2D eigenvalue weighted by Crippen LogP contribution is 2.34. The molecule has 1 aromatic heterocycles. The largest absolute Gasteiger partial charge is 0.317 e. The first-order valence-electron chi connectivity index (χ1n) is 6.11. The summed E-state index contributed by atoms with van der Waals surface area (Å²) < 4.78 is 0. The van der Waals surface area contributed by atoms with Crippen LogP contribution < -0.4 is 5.32 Å². The van der Waals surface area contributed by atoms with Crippen molar-refractivity contribution in [3.8, 4) is 0 Å². The molecule has 0 spiro atoms. The first-order chi connectivity index (χ1) is 7.31. The lowest BCUT2D eigenvalue weighted by Gasteiger charge is -2.21. The Balaban J connectivity index is 2.05. The zero-order valence-electron chi connectivity index (χ0n) is 9.75. The van der Waals surface area contributed by atoms with Crippen molar-refractivity contribution in [2.45, 2.75) is 44.9 Å². The Bertz CT molecular complexity index is 299. The van der Waals surface area contributed by atoms with E-state index in [1.807, 2.05) is 11.3 Å². The first kappa shape index (κ1) is 11.2. The number of hydrogen-bond acceptors (Lipinski definition) is 2. The second kappa shape index (κ2) is 5.13. The lowest BCUT2D eigenvalue weighted by atomic mass is 9.96. The van der Waals surface area contributed by atoms with Crippen molar-refractivity contribution in [1.29, 1.82) is 0 Å². The summed E-state index contributed by atoms with van der Waals surface area (Å²) >= 11 is 2.04. The Morgan fingerprint density at radius 3 is 2.80 bits per heavy atom. The molecular formula is C13H21NS. The van der Waals surface area contributed by atoms with Crippen LogP contribution in [0.4, 0.5) is 0 Å². The highest BCUT2D eigenvalue weighted by Gasteiger charge is 2.17. The van der Waals surface area contributed by atoms with Gasteiger partial charge in [-0.1, -0.05) is 13.8 Å². The van der Waals surface area contributed by atoms with Crippen LogP contribution in [-0.2, 0) is 0 Å². The van der Waals surface area contributed by atoms with Crippen molar-refractivity contribution in [2.75, 3.05) is 13.1 Å². The molecule has 1 saturated heterocycles. The van der Waals surface area contributed by atoms with E-state index in [1.54, 1.807) is 9.75 Å². The van der Waals surface area contributed by atoms with Crippen LogP contribution in [-0.4, -0.2) is 13.1 Å². The minimum Gasteiger partial charge on any atom is -0.317 e. The fourth-order valence-electron chi connectivity index (χ4n) is 2.16. The van der Waals surface area contributed by atoms with Crippen molar-refractivity contribution in [3.63, 3.8) is 0 Å². The van der Waals surface area contributed by atoms with Crippen molar-refractivity contribution in [2.24, 2.45) is 0 Å². The summed E-state index contributed by atoms with van der Waals surface area (Å²) in [7, 11) is 0. The van der Waals surface area contributed by atoms with Gasteiger partial charge < -0.3 is 5.32 Å². The molecule has 0 aliphatic carbocycles. The van der Waals surface area contributed by atoms with Crippen molar-refractivity contribution in [1.82, 2.24) is 5.32 Å². The molecule has 1 nitrogen and oxygen atoms in total. The van der Waals surface area contributed by atoms with Crippen LogP contribution in [0.5, 0.6) is 0 Å². The van der Waals surface area contributed by atoms with Gasteiger partial charge >= 0.3 is 0 Å². The molecule has 1 aliphatic heterocycles. The Kier molecular flexibility index (Phi) is 3.81. The molecule has 0 bridgehead atoms. The normalized spacial score (nSPS) is 20.4. The van der Waals surface area contributed by atoms with Crippen LogP contribution in [0.15, 0.2) is 12.1 Å². The smallest absolute Gasteiger partial charge is 0.00802 e. The molecule has 84 valence electrons. The Morgan fingerprint density at radius 2 is 2.13 bits per heavy atom. The topological polar surface area (TPSA) is 12.0 Å². The number of hydrogen-bond donors (Lipinski definition) is 1. The highest BCUT2D eigenvalue weighted by atomic mass is 32.1. The minimum atomic E-state index is 0.741. The highest BCUT2D eigenvalue weighted by molar-refractivity contribution is 7.12. The standard InChI is InChI=1S/C13H21NS/c1-3-10(2)12-4-5-13(15-12)11-6-8-14-9-7-11/h4-5,10-11,14H,3,6-9H2,1-2H3. The SMILES string of the molecule is CCC(C)c1ccc(C2CCNCC2)s1. The number of nitrogens with one attached hydrogen (secondary N) is 1. The Hall–Kier alpha value is -0.340. The average Bonchev–Trinajstić information content (AvgIpc) is 2.78. The van der Waals surface area contributed by atoms with E-state index in [4.69, 9.17) is 0 Å². The van der Waals surface area contributed by atoms with Crippen LogP contribution in [0.25, 0.3) is 0 Å². The van der Waals surface area contributed by atoms with Gasteiger partial charge in [-0.2, -0.15) is 0 Å². The first-order valence-corrected chi connectivity index (χ1v) is 6.93. The Morgan fingerprint density at radius 1 is 1.40 bits per heavy atom. The van der Waals surface area contributed by atoms with Crippen LogP contribution in [0.2, 0.25) is 0 Å². The molecule has 0 radical (unpaired) electrons. The van der Waals surface area contributed by atoms with Gasteiger partial charge in [0.05, 0.1) is 0 Å². The van der Waals surface area contributed by atoms with E-state index >= 15 is 0 Å². The number of thiophene rings is 1. The summed E-state index contributed by atoms with van der Waals surface area (Å²) in [5, 5.41) is 3.43. The van der Waals surface area contributed by atoms with Gasteiger partial charge in [0.15, 0.2) is 0 Å². The molecule has 2 heteroatoms. The lowest BCUT2D eigenvalue weighted by Crippen LogP contribution is -2.26. The molecule has 15 heavy (non-hydrogen) atoms. The molecule has 1 aromatic rings. The summed E-state index contributed by atoms with van der Waals surface area (Å²) in [6, 6.07) is 4.71. The third-order valence-electron chi connectivity index (χ3n) is 3.49. The quantitative estimate of drug-likeness (QED) is 0.823. The zero-order chi connectivity index (χ0) is 10.7. The summed E-state index contributed by atoms with van der Waals surface area (Å²) in [6.45, 7) is 7.00. The molecule has 2 heterocycles. The van der Waals surface area contributed by atoms with E-state index in [0.717, 1.165) is 11.8 Å². The van der Waals surface area contributed by atoms with E-state index < -0.39 is 0 Å². The van der Waals surface area contributed by atoms with E-state index in [-0.39, 0.29) is 0 Å². The molecule has 1 aliphatic rings. The molecular weight excluding hydrogens is 202 g/mol. The zero-order valence-corrected chi connectivity index (χ0v) is 10.6. The molecule has 0 saturated carbocycles. The fourth-order valence-corrected chi connectivity index (χ4v) is 3.47. The molecule has 0 amide bonds. The lowest BCUT2D eigenvalue weighted by molar-refractivity contribution is 0.465. The number of rotatable bonds is 3. The van der Waals surface area contributed by atoms with Crippen LogP contribution in [0, 0.1) is 0 Å². The molecule has 1 atom stereocenters. The van der Waals surface area contributed by atoms with Crippen molar-refractivity contribution >= 4 is 11.3 Å². The fraction of sp³-hybridized carbons (Fsp3) is 0.692. The summed E-state index contributed by atoms with van der Waals surface area (Å²) in [4.78, 5) is 3.19. The van der Waals surface area contributed by atoms with Gasteiger partial charge in [-0.3, -0.25) is 0 Å². The van der Waals surface area contributed by atoms with E-state index in [0.29, 0.717) is 0 Å². The third kappa shape index (κ3) is 2.61. The monoisotopic (exact) mass is 223 g/mol. The predicted molar refractivity (Wildman–Crippen MR) is 67.9 cm³/mol. The van der Waals surface area contributed by atoms with Gasteiger partial charge in [-0.25, -0.2) is 0 Å². The van der Waals surface area contributed by atoms with Crippen LogP contribution >= 0.6 is 11.3 Å². The third-order valence-corrected chi connectivity index (χ3v) is 4.97. The Labute approximate surface area is 96.9 Å². The number of piperidine rings is 1. The maximum atomic E-state index is 3.43. The van der Waals surface area contributed by atoms with Gasteiger partial charge in [0.1, 0.15) is 0 Å². The second-order valence-corrected chi connectivity index (χ2v) is 5.72. The maximum Gasteiger partial charge on any atom is 0.00802 e. The van der Waals surface area contributed by atoms with Gasteiger partial charge in [0.25, 0.3) is 0 Å². The van der Waals surface area contributed by atoms with Crippen molar-refractivity contribution in [3.05, 3.63) is 21.9 Å². The molecule has 2 rings (SSSR count). The maximum absolute atomic E-state index is 3.43. The minimum absolute atomic E-state index is 0.741. The summed E-state index contributed by atoms with van der Waals surface area (Å²) in [6.07, 6.45) is 3.90. The molecule has 1 unspecified atom stereocenters. The van der Waals surface area contributed by atoms with E-state index in [2.05, 4.69) is 31.3 Å². The second-order valence-electron chi connectivity index (χ2n) is 4.57. The van der Waals surface area contributed by atoms with E-state index in [1.165, 1.54) is 32.4 Å². The molecule has 1 N–H and O–H groups in total.